The number of ether oxygens (including phenoxy) is 1. The van der Waals surface area contributed by atoms with Gasteiger partial charge in [-0.05, 0) is 19.3 Å². The zero-order valence-corrected chi connectivity index (χ0v) is 9.75. The summed E-state index contributed by atoms with van der Waals surface area (Å²) in [6.45, 7) is 4.30. The average Bonchev–Trinajstić information content (AvgIpc) is 2.27. The highest BCUT2D eigenvalue weighted by Crippen LogP contribution is 2.12. The van der Waals surface area contributed by atoms with E-state index >= 15 is 0 Å². The van der Waals surface area contributed by atoms with Gasteiger partial charge in [-0.25, -0.2) is 0 Å². The van der Waals surface area contributed by atoms with Gasteiger partial charge < -0.3 is 4.74 Å². The van der Waals surface area contributed by atoms with Gasteiger partial charge in [0.15, 0.2) is 0 Å². The van der Waals surface area contributed by atoms with Gasteiger partial charge in [-0.1, -0.05) is 26.7 Å². The Hall–Kier alpha value is -0.860. The topological polar surface area (TPSA) is 43.4 Å². The molecule has 3 heteroatoms. The molecule has 0 aromatic rings. The van der Waals surface area contributed by atoms with Crippen molar-refractivity contribution in [2.75, 3.05) is 6.61 Å². The van der Waals surface area contributed by atoms with E-state index in [2.05, 4.69) is 6.92 Å². The second-order valence-corrected chi connectivity index (χ2v) is 3.67. The van der Waals surface area contributed by atoms with Crippen molar-refractivity contribution >= 4 is 12.3 Å². The summed E-state index contributed by atoms with van der Waals surface area (Å²) in [4.78, 5) is 21.4. The Morgan fingerprint density at radius 2 is 1.93 bits per heavy atom. The van der Waals surface area contributed by atoms with E-state index in [1.54, 1.807) is 6.92 Å². The molecular weight excluding hydrogens is 192 g/mol. The van der Waals surface area contributed by atoms with Crippen molar-refractivity contribution in [3.8, 4) is 0 Å². The summed E-state index contributed by atoms with van der Waals surface area (Å²) in [7, 11) is 0. The molecule has 0 saturated heterocycles. The van der Waals surface area contributed by atoms with Crippen LogP contribution in [0.1, 0.15) is 52.4 Å². The molecule has 1 radical (unpaired) electrons. The molecule has 0 fully saturated rings. The van der Waals surface area contributed by atoms with Gasteiger partial charge in [-0.2, -0.15) is 0 Å². The average molecular weight is 213 g/mol. The minimum atomic E-state index is -0.171. The zero-order chi connectivity index (χ0) is 11.5. The Bertz CT molecular complexity index is 178. The van der Waals surface area contributed by atoms with Crippen LogP contribution in [0.15, 0.2) is 0 Å². The number of carbonyl (C=O) groups excluding carboxylic acids is 2. The van der Waals surface area contributed by atoms with Crippen molar-refractivity contribution in [1.82, 2.24) is 0 Å². The highest BCUT2D eigenvalue weighted by atomic mass is 16.5. The van der Waals surface area contributed by atoms with Crippen LogP contribution in [0.2, 0.25) is 0 Å². The van der Waals surface area contributed by atoms with E-state index in [0.717, 1.165) is 32.1 Å². The van der Waals surface area contributed by atoms with E-state index in [-0.39, 0.29) is 11.9 Å². The standard InChI is InChI=1S/C12H21O3/c1-3-5-7-11(10-13)8-6-9-15-12(14)4-2/h11H,3-9H2,1-2H3. The summed E-state index contributed by atoms with van der Waals surface area (Å²) in [6, 6.07) is 0. The van der Waals surface area contributed by atoms with Crippen molar-refractivity contribution in [3.05, 3.63) is 0 Å². The molecular formula is C12H21O3. The van der Waals surface area contributed by atoms with E-state index in [9.17, 15) is 9.59 Å². The molecule has 0 N–H and O–H groups in total. The molecule has 0 amide bonds. The van der Waals surface area contributed by atoms with E-state index in [1.807, 2.05) is 6.29 Å². The fourth-order valence-electron chi connectivity index (χ4n) is 1.33. The normalized spacial score (nSPS) is 12.1. The van der Waals surface area contributed by atoms with E-state index in [1.165, 1.54) is 0 Å². The van der Waals surface area contributed by atoms with Crippen molar-refractivity contribution in [1.29, 1.82) is 0 Å². The molecule has 0 aliphatic carbocycles. The van der Waals surface area contributed by atoms with E-state index < -0.39 is 0 Å². The quantitative estimate of drug-likeness (QED) is 0.437. The molecule has 0 aromatic carbocycles. The molecule has 1 atom stereocenters. The lowest BCUT2D eigenvalue weighted by atomic mass is 9.99. The molecule has 0 aliphatic heterocycles. The molecule has 0 rings (SSSR count). The van der Waals surface area contributed by atoms with Crippen molar-refractivity contribution in [3.63, 3.8) is 0 Å². The van der Waals surface area contributed by atoms with Crippen LogP contribution in [0, 0.1) is 5.92 Å². The number of unbranched alkanes of at least 4 members (excludes halogenated alkanes) is 1. The lowest BCUT2D eigenvalue weighted by Crippen LogP contribution is -2.07. The fourth-order valence-corrected chi connectivity index (χ4v) is 1.33. The number of carbonyl (C=O) groups is 1. The largest absolute Gasteiger partial charge is 0.466 e. The summed E-state index contributed by atoms with van der Waals surface area (Å²) in [5, 5.41) is 0. The summed E-state index contributed by atoms with van der Waals surface area (Å²) < 4.78 is 4.92. The molecule has 0 spiro atoms. The summed E-state index contributed by atoms with van der Waals surface area (Å²) in [5.74, 6) is -0.152. The molecule has 0 heterocycles. The van der Waals surface area contributed by atoms with Crippen LogP contribution in [-0.2, 0) is 14.3 Å². The van der Waals surface area contributed by atoms with Gasteiger partial charge in [0.1, 0.15) is 0 Å². The van der Waals surface area contributed by atoms with Crippen LogP contribution < -0.4 is 0 Å². The minimum absolute atomic E-state index is 0.0188. The highest BCUT2D eigenvalue weighted by Gasteiger charge is 2.08. The maximum atomic E-state index is 10.8. The highest BCUT2D eigenvalue weighted by molar-refractivity contribution is 5.68. The molecule has 87 valence electrons. The molecule has 3 nitrogen and oxygen atoms in total. The molecule has 0 bridgehead atoms. The smallest absolute Gasteiger partial charge is 0.305 e. The fraction of sp³-hybridized carbons (Fsp3) is 0.833. The summed E-state index contributed by atoms with van der Waals surface area (Å²) in [5.41, 5.74) is 0. The van der Waals surface area contributed by atoms with Crippen molar-refractivity contribution < 1.29 is 14.3 Å². The van der Waals surface area contributed by atoms with Gasteiger partial charge in [-0.15, -0.1) is 0 Å². The summed E-state index contributed by atoms with van der Waals surface area (Å²) in [6.07, 6.45) is 7.07. The van der Waals surface area contributed by atoms with Crippen LogP contribution in [0.3, 0.4) is 0 Å². The summed E-state index contributed by atoms with van der Waals surface area (Å²) >= 11 is 0. The van der Waals surface area contributed by atoms with Gasteiger partial charge >= 0.3 is 5.97 Å². The Morgan fingerprint density at radius 1 is 1.27 bits per heavy atom. The van der Waals surface area contributed by atoms with Crippen LogP contribution >= 0.6 is 0 Å². The SMILES string of the molecule is CCCCC([C]=O)CCCOC(=O)CC. The first-order chi connectivity index (χ1) is 7.24. The van der Waals surface area contributed by atoms with E-state index in [0.29, 0.717) is 13.0 Å². The van der Waals surface area contributed by atoms with Gasteiger partial charge in [0.2, 0.25) is 6.29 Å². The number of hydrogen-bond donors (Lipinski definition) is 0. The van der Waals surface area contributed by atoms with Crippen LogP contribution in [0.4, 0.5) is 0 Å². The van der Waals surface area contributed by atoms with Crippen LogP contribution in [0.25, 0.3) is 0 Å². The van der Waals surface area contributed by atoms with E-state index in [4.69, 9.17) is 4.74 Å². The van der Waals surface area contributed by atoms with Gasteiger partial charge in [0, 0.05) is 12.3 Å². The maximum absolute atomic E-state index is 10.8. The second kappa shape index (κ2) is 9.69. The Morgan fingerprint density at radius 3 is 2.47 bits per heavy atom. The van der Waals surface area contributed by atoms with Gasteiger partial charge in [0.05, 0.1) is 6.61 Å². The molecule has 1 unspecified atom stereocenters. The van der Waals surface area contributed by atoms with Gasteiger partial charge in [-0.3, -0.25) is 9.59 Å². The first-order valence-corrected chi connectivity index (χ1v) is 5.77. The first-order valence-electron chi connectivity index (χ1n) is 5.77. The third-order valence-corrected chi connectivity index (χ3v) is 2.32. The lowest BCUT2D eigenvalue weighted by Gasteiger charge is -2.08. The minimum Gasteiger partial charge on any atom is -0.466 e. The monoisotopic (exact) mass is 213 g/mol. The molecule has 0 aliphatic rings. The van der Waals surface area contributed by atoms with Gasteiger partial charge in [0.25, 0.3) is 0 Å². The first kappa shape index (κ1) is 14.1. The maximum Gasteiger partial charge on any atom is 0.305 e. The van der Waals surface area contributed by atoms with Crippen molar-refractivity contribution in [2.24, 2.45) is 5.92 Å². The Balaban J connectivity index is 3.45. The zero-order valence-electron chi connectivity index (χ0n) is 9.75. The van der Waals surface area contributed by atoms with Crippen LogP contribution in [0.5, 0.6) is 0 Å². The Kier molecular flexibility index (Phi) is 9.13. The Labute approximate surface area is 92.2 Å². The molecule has 15 heavy (non-hydrogen) atoms. The molecule has 0 aromatic heterocycles. The predicted octanol–water partition coefficient (Wildman–Crippen LogP) is 2.64. The number of rotatable bonds is 9. The predicted molar refractivity (Wildman–Crippen MR) is 59.2 cm³/mol. The number of hydrogen-bond acceptors (Lipinski definition) is 3. The van der Waals surface area contributed by atoms with Crippen LogP contribution in [-0.4, -0.2) is 18.9 Å². The third-order valence-electron chi connectivity index (χ3n) is 2.32. The molecule has 0 saturated carbocycles. The third kappa shape index (κ3) is 8.16. The van der Waals surface area contributed by atoms with Crippen molar-refractivity contribution in [2.45, 2.75) is 52.4 Å². The lowest BCUT2D eigenvalue weighted by molar-refractivity contribution is -0.143. The number of esters is 1. The second-order valence-electron chi connectivity index (χ2n) is 3.67.